The molecule has 4 nitrogen and oxygen atoms in total. The van der Waals surface area contributed by atoms with Crippen LogP contribution >= 0.6 is 31.9 Å². The Hall–Kier alpha value is -1.27. The van der Waals surface area contributed by atoms with Gasteiger partial charge < -0.3 is 5.32 Å². The van der Waals surface area contributed by atoms with Gasteiger partial charge in [-0.3, -0.25) is 4.79 Å². The summed E-state index contributed by atoms with van der Waals surface area (Å²) < 4.78 is 1.35. The quantitative estimate of drug-likeness (QED) is 0.840. The minimum Gasteiger partial charge on any atom is -0.306 e. The number of nitrogens with zero attached hydrogens (tertiary/aromatic N) is 2. The molecule has 0 aliphatic rings. The zero-order valence-corrected chi connectivity index (χ0v) is 11.7. The van der Waals surface area contributed by atoms with E-state index in [4.69, 9.17) is 0 Å². The molecular formula is C11H7Br2N3O. The van der Waals surface area contributed by atoms with Gasteiger partial charge in [-0.2, -0.15) is 0 Å². The summed E-state index contributed by atoms with van der Waals surface area (Å²) in [5, 5.41) is 2.71. The summed E-state index contributed by atoms with van der Waals surface area (Å²) in [5.41, 5.74) is 0.518. The number of anilines is 1. The van der Waals surface area contributed by atoms with Gasteiger partial charge in [-0.15, -0.1) is 0 Å². The maximum Gasteiger partial charge on any atom is 0.256 e. The Morgan fingerprint density at radius 1 is 1.18 bits per heavy atom. The fourth-order valence-electron chi connectivity index (χ4n) is 1.20. The van der Waals surface area contributed by atoms with E-state index in [9.17, 15) is 4.79 Å². The number of amides is 1. The Bertz CT molecular complexity index is 560. The molecule has 0 aliphatic carbocycles. The summed E-state index contributed by atoms with van der Waals surface area (Å²) in [6, 6.07) is 6.87. The number of halogens is 2. The molecule has 1 amide bonds. The van der Waals surface area contributed by atoms with Crippen molar-refractivity contribution in [2.24, 2.45) is 0 Å². The number of nitrogens with one attached hydrogen (secondary N) is 1. The van der Waals surface area contributed by atoms with E-state index >= 15 is 0 Å². The Balaban J connectivity index is 2.20. The van der Waals surface area contributed by atoms with Crippen LogP contribution in [0, 0.1) is 0 Å². The largest absolute Gasteiger partial charge is 0.306 e. The monoisotopic (exact) mass is 355 g/mol. The van der Waals surface area contributed by atoms with Crippen LogP contribution in [0.25, 0.3) is 0 Å². The lowest BCUT2D eigenvalue weighted by Gasteiger charge is -2.05. The molecule has 0 spiro atoms. The molecule has 2 rings (SSSR count). The van der Waals surface area contributed by atoms with Gasteiger partial charge in [0.2, 0.25) is 0 Å². The maximum atomic E-state index is 11.9. The van der Waals surface area contributed by atoms with Gasteiger partial charge in [0.1, 0.15) is 10.4 Å². The zero-order valence-electron chi connectivity index (χ0n) is 8.52. The Morgan fingerprint density at radius 2 is 2.00 bits per heavy atom. The van der Waals surface area contributed by atoms with E-state index in [0.717, 1.165) is 4.47 Å². The summed E-state index contributed by atoms with van der Waals surface area (Å²) in [6.45, 7) is 0. The third kappa shape index (κ3) is 3.10. The first-order chi connectivity index (χ1) is 8.16. The number of carbonyl (C=O) groups is 1. The molecule has 0 saturated carbocycles. The van der Waals surface area contributed by atoms with Crippen LogP contribution in [-0.4, -0.2) is 15.9 Å². The molecule has 6 heteroatoms. The van der Waals surface area contributed by atoms with E-state index in [1.807, 2.05) is 6.07 Å². The average molecular weight is 357 g/mol. The minimum absolute atomic E-state index is 0.229. The van der Waals surface area contributed by atoms with E-state index < -0.39 is 0 Å². The van der Waals surface area contributed by atoms with Crippen molar-refractivity contribution < 1.29 is 4.79 Å². The van der Waals surface area contributed by atoms with Crippen LogP contribution < -0.4 is 5.32 Å². The topological polar surface area (TPSA) is 54.9 Å². The Labute approximate surface area is 115 Å². The number of aromatic nitrogens is 2. The van der Waals surface area contributed by atoms with Gasteiger partial charge >= 0.3 is 0 Å². The normalized spacial score (nSPS) is 10.0. The summed E-state index contributed by atoms with van der Waals surface area (Å²) in [5.74, 6) is 0.262. The van der Waals surface area contributed by atoms with Gasteiger partial charge in [0, 0.05) is 18.0 Å². The molecule has 0 fully saturated rings. The molecule has 0 radical (unpaired) electrons. The standard InChI is InChI=1S/C11H7Br2N3O/c12-8-2-1-4-15-10(8)16-11(17)7-3-5-14-9(13)6-7/h1-6H,(H,15,16,17). The van der Waals surface area contributed by atoms with Gasteiger partial charge in [0.25, 0.3) is 5.91 Å². The van der Waals surface area contributed by atoms with Gasteiger partial charge in [0.05, 0.1) is 4.47 Å². The fraction of sp³-hybridized carbons (Fsp3) is 0. The highest BCUT2D eigenvalue weighted by Gasteiger charge is 2.09. The van der Waals surface area contributed by atoms with Crippen LogP contribution in [-0.2, 0) is 0 Å². The molecule has 17 heavy (non-hydrogen) atoms. The Morgan fingerprint density at radius 3 is 2.71 bits per heavy atom. The highest BCUT2D eigenvalue weighted by Crippen LogP contribution is 2.19. The number of hydrogen-bond donors (Lipinski definition) is 1. The third-order valence-electron chi connectivity index (χ3n) is 1.98. The van der Waals surface area contributed by atoms with Gasteiger partial charge in [-0.1, -0.05) is 0 Å². The molecule has 86 valence electrons. The summed E-state index contributed by atoms with van der Waals surface area (Å²) in [7, 11) is 0. The highest BCUT2D eigenvalue weighted by atomic mass is 79.9. The van der Waals surface area contributed by atoms with Crippen molar-refractivity contribution in [2.75, 3.05) is 5.32 Å². The van der Waals surface area contributed by atoms with Crippen molar-refractivity contribution in [3.8, 4) is 0 Å². The van der Waals surface area contributed by atoms with Crippen molar-refractivity contribution >= 4 is 43.6 Å². The van der Waals surface area contributed by atoms with E-state index in [1.54, 1.807) is 30.6 Å². The molecule has 2 heterocycles. The van der Waals surface area contributed by atoms with Crippen LogP contribution in [0.5, 0.6) is 0 Å². The van der Waals surface area contributed by atoms with Crippen LogP contribution in [0.1, 0.15) is 10.4 Å². The first-order valence-electron chi connectivity index (χ1n) is 4.70. The fourth-order valence-corrected chi connectivity index (χ4v) is 1.92. The van der Waals surface area contributed by atoms with Crippen molar-refractivity contribution in [2.45, 2.75) is 0 Å². The average Bonchev–Trinajstić information content (AvgIpc) is 2.32. The first kappa shape index (κ1) is 12.2. The first-order valence-corrected chi connectivity index (χ1v) is 6.29. The van der Waals surface area contributed by atoms with Crippen molar-refractivity contribution in [3.05, 3.63) is 51.3 Å². The van der Waals surface area contributed by atoms with Crippen molar-refractivity contribution in [1.29, 1.82) is 0 Å². The van der Waals surface area contributed by atoms with Gasteiger partial charge in [-0.25, -0.2) is 9.97 Å². The zero-order chi connectivity index (χ0) is 12.3. The lowest BCUT2D eigenvalue weighted by molar-refractivity contribution is 0.102. The van der Waals surface area contributed by atoms with Crippen LogP contribution in [0.4, 0.5) is 5.82 Å². The summed E-state index contributed by atoms with van der Waals surface area (Å²) in [4.78, 5) is 19.9. The second-order valence-electron chi connectivity index (χ2n) is 3.16. The predicted octanol–water partition coefficient (Wildman–Crippen LogP) is 3.25. The molecule has 0 aromatic carbocycles. The van der Waals surface area contributed by atoms with E-state index in [1.165, 1.54) is 0 Å². The molecule has 0 saturated heterocycles. The van der Waals surface area contributed by atoms with Crippen LogP contribution in [0.2, 0.25) is 0 Å². The number of carbonyl (C=O) groups excluding carboxylic acids is 1. The molecular weight excluding hydrogens is 350 g/mol. The van der Waals surface area contributed by atoms with E-state index in [2.05, 4.69) is 47.1 Å². The SMILES string of the molecule is O=C(Nc1ncccc1Br)c1ccnc(Br)c1. The predicted molar refractivity (Wildman–Crippen MR) is 71.8 cm³/mol. The number of pyridine rings is 2. The Kier molecular flexibility index (Phi) is 3.86. The number of hydrogen-bond acceptors (Lipinski definition) is 3. The molecule has 0 unspecified atom stereocenters. The summed E-state index contributed by atoms with van der Waals surface area (Å²) >= 11 is 6.53. The molecule has 0 aliphatic heterocycles. The summed E-state index contributed by atoms with van der Waals surface area (Å²) in [6.07, 6.45) is 3.18. The second-order valence-corrected chi connectivity index (χ2v) is 4.82. The minimum atomic E-state index is -0.229. The van der Waals surface area contributed by atoms with Crippen molar-refractivity contribution in [3.63, 3.8) is 0 Å². The smallest absolute Gasteiger partial charge is 0.256 e. The van der Waals surface area contributed by atoms with Gasteiger partial charge in [0.15, 0.2) is 0 Å². The highest BCUT2D eigenvalue weighted by molar-refractivity contribution is 9.10. The van der Waals surface area contributed by atoms with Crippen LogP contribution in [0.3, 0.4) is 0 Å². The molecule has 2 aromatic heterocycles. The molecule has 2 aromatic rings. The molecule has 0 bridgehead atoms. The van der Waals surface area contributed by atoms with Gasteiger partial charge in [-0.05, 0) is 56.1 Å². The molecule has 0 atom stereocenters. The molecule has 1 N–H and O–H groups in total. The van der Waals surface area contributed by atoms with Crippen molar-refractivity contribution in [1.82, 2.24) is 9.97 Å². The number of rotatable bonds is 2. The van der Waals surface area contributed by atoms with E-state index in [0.29, 0.717) is 16.0 Å². The van der Waals surface area contributed by atoms with Crippen LogP contribution in [0.15, 0.2) is 45.7 Å². The lowest BCUT2D eigenvalue weighted by atomic mass is 10.2. The maximum absolute atomic E-state index is 11.9. The second kappa shape index (κ2) is 5.37. The van der Waals surface area contributed by atoms with E-state index in [-0.39, 0.29) is 5.91 Å². The lowest BCUT2D eigenvalue weighted by Crippen LogP contribution is -2.13. The third-order valence-corrected chi connectivity index (χ3v) is 3.05.